The van der Waals surface area contributed by atoms with Crippen molar-refractivity contribution in [3.63, 3.8) is 0 Å². The lowest BCUT2D eigenvalue weighted by Gasteiger charge is -2.35. The van der Waals surface area contributed by atoms with Gasteiger partial charge >= 0.3 is 0 Å². The highest BCUT2D eigenvalue weighted by Gasteiger charge is 2.36. The quantitative estimate of drug-likeness (QED) is 0.723. The van der Waals surface area contributed by atoms with E-state index >= 15 is 0 Å². The monoisotopic (exact) mass is 428 g/mol. The molecule has 0 bridgehead atoms. The molecule has 2 aliphatic rings. The number of thiophene rings is 1. The molecule has 30 heavy (non-hydrogen) atoms. The van der Waals surface area contributed by atoms with Crippen LogP contribution in [0.4, 0.5) is 0 Å². The van der Waals surface area contributed by atoms with E-state index in [2.05, 4.69) is 0 Å². The van der Waals surface area contributed by atoms with Crippen molar-refractivity contribution in [2.75, 3.05) is 33.9 Å². The van der Waals surface area contributed by atoms with Crippen LogP contribution in [0, 0.1) is 5.92 Å². The molecule has 2 saturated heterocycles. The summed E-state index contributed by atoms with van der Waals surface area (Å²) in [6, 6.07) is 9.75. The molecule has 0 aliphatic carbocycles. The van der Waals surface area contributed by atoms with Gasteiger partial charge < -0.3 is 19.3 Å². The first-order valence-corrected chi connectivity index (χ1v) is 11.4. The number of methoxy groups -OCH3 is 2. The first-order chi connectivity index (χ1) is 14.6. The fourth-order valence-corrected chi connectivity index (χ4v) is 5.25. The molecule has 4 rings (SSSR count). The van der Waals surface area contributed by atoms with E-state index in [0.717, 1.165) is 42.7 Å². The summed E-state index contributed by atoms with van der Waals surface area (Å²) in [6.45, 7) is 2.07. The summed E-state index contributed by atoms with van der Waals surface area (Å²) in [7, 11) is 3.25. The molecule has 1 atom stereocenters. The number of carbonyl (C=O) groups is 2. The van der Waals surface area contributed by atoms with E-state index < -0.39 is 0 Å². The zero-order valence-corrected chi connectivity index (χ0v) is 18.3. The lowest BCUT2D eigenvalue weighted by atomic mass is 9.94. The molecule has 2 aromatic rings. The number of amides is 2. The fourth-order valence-electron chi connectivity index (χ4n) is 4.56. The smallest absolute Gasteiger partial charge is 0.263 e. The van der Waals surface area contributed by atoms with Crippen molar-refractivity contribution < 1.29 is 19.1 Å². The lowest BCUT2D eigenvalue weighted by Crippen LogP contribution is -2.44. The van der Waals surface area contributed by atoms with Crippen molar-refractivity contribution in [3.05, 3.63) is 46.2 Å². The van der Waals surface area contributed by atoms with Gasteiger partial charge in [0.1, 0.15) is 0 Å². The number of ether oxygens (including phenoxy) is 2. The zero-order valence-electron chi connectivity index (χ0n) is 17.5. The molecule has 3 heterocycles. The first-order valence-electron chi connectivity index (χ1n) is 10.5. The van der Waals surface area contributed by atoms with Crippen LogP contribution in [0.15, 0.2) is 35.7 Å². The summed E-state index contributed by atoms with van der Waals surface area (Å²) in [5.74, 6) is 1.67. The van der Waals surface area contributed by atoms with Crippen molar-refractivity contribution in [1.82, 2.24) is 9.80 Å². The van der Waals surface area contributed by atoms with Crippen molar-refractivity contribution >= 4 is 23.2 Å². The largest absolute Gasteiger partial charge is 0.493 e. The molecule has 6 nitrogen and oxygen atoms in total. The lowest BCUT2D eigenvalue weighted by molar-refractivity contribution is -0.137. The van der Waals surface area contributed by atoms with Gasteiger partial charge in [-0.2, -0.15) is 0 Å². The van der Waals surface area contributed by atoms with Crippen LogP contribution >= 0.6 is 11.3 Å². The predicted molar refractivity (Wildman–Crippen MR) is 116 cm³/mol. The van der Waals surface area contributed by atoms with E-state index in [9.17, 15) is 9.59 Å². The van der Waals surface area contributed by atoms with Crippen LogP contribution in [0.5, 0.6) is 11.5 Å². The van der Waals surface area contributed by atoms with Crippen molar-refractivity contribution in [3.8, 4) is 11.5 Å². The summed E-state index contributed by atoms with van der Waals surface area (Å²) in [6.07, 6.45) is 3.41. The molecule has 2 amide bonds. The maximum absolute atomic E-state index is 13.3. The Balaban J connectivity index is 1.41. The van der Waals surface area contributed by atoms with Crippen LogP contribution in [0.2, 0.25) is 0 Å². The second kappa shape index (κ2) is 9.08. The Labute approximate surface area is 181 Å². The zero-order chi connectivity index (χ0) is 21.1. The molecule has 160 valence electrons. The highest BCUT2D eigenvalue weighted by atomic mass is 32.1. The van der Waals surface area contributed by atoms with Crippen molar-refractivity contribution in [2.45, 2.75) is 31.7 Å². The number of likely N-dealkylation sites (tertiary alicyclic amines) is 2. The minimum Gasteiger partial charge on any atom is -0.493 e. The van der Waals surface area contributed by atoms with Gasteiger partial charge in [0, 0.05) is 25.6 Å². The number of piperidine rings is 1. The summed E-state index contributed by atoms with van der Waals surface area (Å²) in [5.41, 5.74) is 1.09. The van der Waals surface area contributed by atoms with E-state index in [1.54, 1.807) is 14.2 Å². The summed E-state index contributed by atoms with van der Waals surface area (Å²) in [4.78, 5) is 30.6. The molecule has 1 aromatic carbocycles. The highest BCUT2D eigenvalue weighted by molar-refractivity contribution is 7.12. The molecule has 0 N–H and O–H groups in total. The van der Waals surface area contributed by atoms with Gasteiger partial charge in [0.2, 0.25) is 5.91 Å². The topological polar surface area (TPSA) is 59.1 Å². The Bertz CT molecular complexity index is 891. The van der Waals surface area contributed by atoms with Gasteiger partial charge in [-0.15, -0.1) is 11.3 Å². The Morgan fingerprint density at radius 2 is 1.77 bits per heavy atom. The standard InChI is InChI=1S/C23H28N2O4S/c1-28-19-8-7-17(15-20(19)29-2)18-5-3-11-25(18)22(26)16-9-12-24(13-10-16)23(27)21-6-4-14-30-21/h4,6-8,14-16,18H,3,5,9-13H2,1-2H3. The number of benzene rings is 1. The molecule has 0 radical (unpaired) electrons. The summed E-state index contributed by atoms with van der Waals surface area (Å²) < 4.78 is 10.8. The van der Waals surface area contributed by atoms with Crippen LogP contribution in [-0.4, -0.2) is 55.5 Å². The average Bonchev–Trinajstić information content (AvgIpc) is 3.50. The van der Waals surface area contributed by atoms with Gasteiger partial charge in [0.15, 0.2) is 11.5 Å². The molecule has 2 aliphatic heterocycles. The third-order valence-corrected chi connectivity index (χ3v) is 7.05. The summed E-state index contributed by atoms with van der Waals surface area (Å²) >= 11 is 1.47. The Hall–Kier alpha value is -2.54. The van der Waals surface area contributed by atoms with E-state index in [1.165, 1.54) is 11.3 Å². The van der Waals surface area contributed by atoms with Crippen LogP contribution in [0.3, 0.4) is 0 Å². The minimum atomic E-state index is -0.0156. The van der Waals surface area contributed by atoms with E-state index in [0.29, 0.717) is 24.6 Å². The van der Waals surface area contributed by atoms with Crippen LogP contribution in [0.1, 0.15) is 47.0 Å². The molecule has 0 spiro atoms. The van der Waals surface area contributed by atoms with Gasteiger partial charge in [0.25, 0.3) is 5.91 Å². The van der Waals surface area contributed by atoms with E-state index in [1.807, 2.05) is 45.5 Å². The third kappa shape index (κ3) is 4.03. The maximum Gasteiger partial charge on any atom is 0.263 e. The Morgan fingerprint density at radius 3 is 2.43 bits per heavy atom. The molecule has 2 fully saturated rings. The molecule has 1 unspecified atom stereocenters. The van der Waals surface area contributed by atoms with Gasteiger partial charge in [-0.25, -0.2) is 0 Å². The predicted octanol–water partition coefficient (Wildman–Crippen LogP) is 3.98. The van der Waals surface area contributed by atoms with E-state index in [4.69, 9.17) is 9.47 Å². The number of hydrogen-bond donors (Lipinski definition) is 0. The Kier molecular flexibility index (Phi) is 6.27. The second-order valence-electron chi connectivity index (χ2n) is 7.85. The first kappa shape index (κ1) is 20.7. The van der Waals surface area contributed by atoms with Gasteiger partial charge in [-0.1, -0.05) is 12.1 Å². The van der Waals surface area contributed by atoms with Crippen LogP contribution in [0.25, 0.3) is 0 Å². The average molecular weight is 429 g/mol. The van der Waals surface area contributed by atoms with Crippen LogP contribution < -0.4 is 9.47 Å². The number of carbonyl (C=O) groups excluding carboxylic acids is 2. The second-order valence-corrected chi connectivity index (χ2v) is 8.80. The normalized spacial score (nSPS) is 19.7. The Morgan fingerprint density at radius 1 is 1.00 bits per heavy atom. The van der Waals surface area contributed by atoms with Gasteiger partial charge in [-0.05, 0) is 54.8 Å². The number of rotatable bonds is 5. The maximum atomic E-state index is 13.3. The number of hydrogen-bond acceptors (Lipinski definition) is 5. The number of nitrogens with zero attached hydrogens (tertiary/aromatic N) is 2. The van der Waals surface area contributed by atoms with E-state index in [-0.39, 0.29) is 23.8 Å². The SMILES string of the molecule is COc1ccc(C2CCCN2C(=O)C2CCN(C(=O)c3cccs3)CC2)cc1OC. The van der Waals surface area contributed by atoms with Gasteiger partial charge in [0.05, 0.1) is 25.1 Å². The fraction of sp³-hybridized carbons (Fsp3) is 0.478. The molecule has 0 saturated carbocycles. The van der Waals surface area contributed by atoms with Gasteiger partial charge in [-0.3, -0.25) is 9.59 Å². The highest BCUT2D eigenvalue weighted by Crippen LogP contribution is 2.38. The van der Waals surface area contributed by atoms with Crippen molar-refractivity contribution in [2.24, 2.45) is 5.92 Å². The molecule has 7 heteroatoms. The minimum absolute atomic E-state index is 0.0156. The third-order valence-electron chi connectivity index (χ3n) is 6.19. The molecular formula is C23H28N2O4S. The summed E-state index contributed by atoms with van der Waals surface area (Å²) in [5, 5.41) is 1.92. The molecule has 1 aromatic heterocycles. The van der Waals surface area contributed by atoms with Crippen LogP contribution in [-0.2, 0) is 4.79 Å². The van der Waals surface area contributed by atoms with Crippen molar-refractivity contribution in [1.29, 1.82) is 0 Å². The molecular weight excluding hydrogens is 400 g/mol.